The van der Waals surface area contributed by atoms with Crippen LogP contribution in [0.2, 0.25) is 0 Å². The molecule has 1 aliphatic heterocycles. The molecule has 0 radical (unpaired) electrons. The van der Waals surface area contributed by atoms with E-state index in [1.54, 1.807) is 0 Å². The van der Waals surface area contributed by atoms with Gasteiger partial charge in [-0.2, -0.15) is 41.5 Å². The van der Waals surface area contributed by atoms with Gasteiger partial charge >= 0.3 is 18.5 Å². The van der Waals surface area contributed by atoms with Crippen molar-refractivity contribution in [3.05, 3.63) is 64.8 Å². The van der Waals surface area contributed by atoms with Crippen molar-refractivity contribution in [2.24, 2.45) is 0 Å². The summed E-state index contributed by atoms with van der Waals surface area (Å²) in [6, 6.07) is 8.71. The van der Waals surface area contributed by atoms with Crippen LogP contribution in [0.1, 0.15) is 41.6 Å². The second-order valence-electron chi connectivity index (χ2n) is 9.40. The highest BCUT2D eigenvalue weighted by Gasteiger charge is 2.37. The number of hydrogen-bond donors (Lipinski definition) is 0. The number of benzene rings is 2. The molecule has 0 N–H and O–H groups in total. The molecule has 1 saturated heterocycles. The van der Waals surface area contributed by atoms with Crippen LogP contribution in [0.4, 0.5) is 31.1 Å². The Morgan fingerprint density at radius 1 is 1.00 bits per heavy atom. The van der Waals surface area contributed by atoms with E-state index in [4.69, 9.17) is 23.7 Å². The van der Waals surface area contributed by atoms with Gasteiger partial charge in [0.2, 0.25) is 0 Å². The van der Waals surface area contributed by atoms with Crippen molar-refractivity contribution in [1.82, 2.24) is 15.0 Å². The van der Waals surface area contributed by atoms with E-state index in [9.17, 15) is 36.4 Å². The summed E-state index contributed by atoms with van der Waals surface area (Å²) in [6.07, 6.45) is -8.25. The van der Waals surface area contributed by atoms with Gasteiger partial charge in [0.1, 0.15) is 37.3 Å². The quantitative estimate of drug-likeness (QED) is 0.140. The van der Waals surface area contributed by atoms with Crippen molar-refractivity contribution in [3.63, 3.8) is 0 Å². The lowest BCUT2D eigenvalue weighted by molar-refractivity contribution is -0.167. The molecule has 0 aliphatic carbocycles. The predicted molar refractivity (Wildman–Crippen MR) is 138 cm³/mol. The molecular weight excluding hydrogens is 602 g/mol. The van der Waals surface area contributed by atoms with Crippen LogP contribution in [-0.2, 0) is 44.5 Å². The number of halogens is 6. The monoisotopic (exact) mass is 628 g/mol. The normalized spacial score (nSPS) is 15.4. The second kappa shape index (κ2) is 14.4. The molecule has 1 aromatic heterocycles. The molecule has 0 bridgehead atoms. The van der Waals surface area contributed by atoms with Gasteiger partial charge in [-0.3, -0.25) is 0 Å². The minimum Gasteiger partial charge on any atom is -0.489 e. The van der Waals surface area contributed by atoms with Crippen molar-refractivity contribution in [3.8, 4) is 23.1 Å². The van der Waals surface area contributed by atoms with E-state index in [0.717, 1.165) is 24.1 Å². The van der Waals surface area contributed by atoms with E-state index in [1.807, 2.05) is 6.07 Å². The number of nitrogens with zero attached hydrogens (tertiary/aromatic N) is 4. The van der Waals surface area contributed by atoms with Gasteiger partial charge in [0.15, 0.2) is 12.0 Å². The maximum absolute atomic E-state index is 13.4. The number of rotatable bonds is 11. The molecule has 1 fully saturated rings. The topological polar surface area (TPSA) is 118 Å². The van der Waals surface area contributed by atoms with Crippen LogP contribution < -0.4 is 4.74 Å². The maximum Gasteiger partial charge on any atom is 0.508 e. The molecule has 3 aromatic rings. The van der Waals surface area contributed by atoms with E-state index >= 15 is 0 Å². The van der Waals surface area contributed by atoms with Gasteiger partial charge in [-0.05, 0) is 49.6 Å². The number of nitriles is 1. The Labute approximate surface area is 247 Å². The molecule has 0 spiro atoms. The minimum absolute atomic E-state index is 0.0107. The molecule has 4 rings (SSSR count). The van der Waals surface area contributed by atoms with Gasteiger partial charge in [-0.25, -0.2) is 4.79 Å². The largest absolute Gasteiger partial charge is 0.508 e. The molecule has 0 amide bonds. The van der Waals surface area contributed by atoms with Crippen LogP contribution in [0.25, 0.3) is 11.3 Å². The lowest BCUT2D eigenvalue weighted by Gasteiger charge is -2.22. The molecule has 44 heavy (non-hydrogen) atoms. The summed E-state index contributed by atoms with van der Waals surface area (Å²) in [7, 11) is 0. The highest BCUT2D eigenvalue weighted by molar-refractivity contribution is 5.65. The standard InChI is InChI=1S/C28H26F6N4O6/c29-27(30,31)20-7-8-22(28(32,33)34)19(14-20)17-44-21-5-3-4-18(15-21)25-23(16-35)36-38(37-25)9-11-42-26(39)43-13-12-41-24-6-1-2-10-40-24/h3-5,7-8,14-15,24H,1-2,6,9-13,17H2. The van der Waals surface area contributed by atoms with Gasteiger partial charge in [-0.1, -0.05) is 12.1 Å². The van der Waals surface area contributed by atoms with Crippen LogP contribution >= 0.6 is 0 Å². The molecule has 1 unspecified atom stereocenters. The fourth-order valence-electron chi connectivity index (χ4n) is 4.18. The number of aromatic nitrogens is 3. The number of alkyl halides is 6. The zero-order valence-corrected chi connectivity index (χ0v) is 23.0. The summed E-state index contributed by atoms with van der Waals surface area (Å²) in [5.41, 5.74) is -2.92. The Kier molecular flexibility index (Phi) is 10.7. The molecule has 16 heteroatoms. The lowest BCUT2D eigenvalue weighted by atomic mass is 10.0. The third kappa shape index (κ3) is 9.07. The maximum atomic E-state index is 13.4. The summed E-state index contributed by atoms with van der Waals surface area (Å²) >= 11 is 0. The van der Waals surface area contributed by atoms with E-state index in [-0.39, 0.29) is 49.8 Å². The average Bonchev–Trinajstić information content (AvgIpc) is 3.41. The van der Waals surface area contributed by atoms with Crippen LogP contribution in [0.5, 0.6) is 5.75 Å². The first-order chi connectivity index (χ1) is 20.9. The molecule has 10 nitrogen and oxygen atoms in total. The molecule has 1 aliphatic rings. The SMILES string of the molecule is N#Cc1nn(CCOC(=O)OCCOC2CCCCO2)nc1-c1cccc(OCc2cc(C(F)(F)F)ccc2C(F)(F)F)c1. The van der Waals surface area contributed by atoms with Crippen LogP contribution in [0.15, 0.2) is 42.5 Å². The van der Waals surface area contributed by atoms with Gasteiger partial charge in [0.25, 0.3) is 0 Å². The average molecular weight is 629 g/mol. The summed E-state index contributed by atoms with van der Waals surface area (Å²) in [5.74, 6) is 0.0107. The highest BCUT2D eigenvalue weighted by Crippen LogP contribution is 2.37. The Morgan fingerprint density at radius 3 is 2.50 bits per heavy atom. The second-order valence-corrected chi connectivity index (χ2v) is 9.40. The Balaban J connectivity index is 1.34. The summed E-state index contributed by atoms with van der Waals surface area (Å²) < 4.78 is 106. The van der Waals surface area contributed by atoms with Crippen molar-refractivity contribution >= 4 is 6.16 Å². The smallest absolute Gasteiger partial charge is 0.489 e. The lowest BCUT2D eigenvalue weighted by Crippen LogP contribution is -2.24. The van der Waals surface area contributed by atoms with Gasteiger partial charge in [0, 0.05) is 17.7 Å². The Hall–Kier alpha value is -4.36. The molecule has 236 valence electrons. The Bertz CT molecular complexity index is 1460. The number of ether oxygens (including phenoxy) is 5. The van der Waals surface area contributed by atoms with Crippen molar-refractivity contribution < 1.29 is 54.8 Å². The van der Waals surface area contributed by atoms with E-state index in [0.29, 0.717) is 30.4 Å². The molecule has 2 heterocycles. The summed E-state index contributed by atoms with van der Waals surface area (Å²) in [4.78, 5) is 12.9. The van der Waals surface area contributed by atoms with Crippen LogP contribution in [0, 0.1) is 11.3 Å². The minimum atomic E-state index is -4.90. The van der Waals surface area contributed by atoms with E-state index in [1.165, 1.54) is 24.3 Å². The first-order valence-electron chi connectivity index (χ1n) is 13.3. The van der Waals surface area contributed by atoms with Gasteiger partial charge in [-0.15, -0.1) is 5.10 Å². The van der Waals surface area contributed by atoms with Crippen molar-refractivity contribution in [1.29, 1.82) is 5.26 Å². The van der Waals surface area contributed by atoms with Gasteiger partial charge < -0.3 is 23.7 Å². The predicted octanol–water partition coefficient (Wildman–Crippen LogP) is 6.13. The molecule has 1 atom stereocenters. The highest BCUT2D eigenvalue weighted by atomic mass is 19.4. The molecule has 2 aromatic carbocycles. The molecule has 0 saturated carbocycles. The third-order valence-electron chi connectivity index (χ3n) is 6.26. The first-order valence-corrected chi connectivity index (χ1v) is 13.3. The first kappa shape index (κ1) is 32.6. The van der Waals surface area contributed by atoms with Crippen LogP contribution in [0.3, 0.4) is 0 Å². The summed E-state index contributed by atoms with van der Waals surface area (Å²) in [6.45, 7) is -0.312. The number of carbonyl (C=O) groups is 1. The van der Waals surface area contributed by atoms with Crippen molar-refractivity contribution in [2.45, 2.75) is 51.1 Å². The fraction of sp³-hybridized carbons (Fsp3) is 0.429. The zero-order valence-electron chi connectivity index (χ0n) is 23.0. The van der Waals surface area contributed by atoms with Crippen molar-refractivity contribution in [2.75, 3.05) is 26.4 Å². The van der Waals surface area contributed by atoms with E-state index < -0.39 is 41.8 Å². The molecular formula is C28H26F6N4O6. The zero-order chi connectivity index (χ0) is 31.7. The van der Waals surface area contributed by atoms with Crippen LogP contribution in [-0.4, -0.2) is 53.9 Å². The number of hydrogen-bond acceptors (Lipinski definition) is 9. The van der Waals surface area contributed by atoms with E-state index in [2.05, 4.69) is 10.2 Å². The summed E-state index contributed by atoms with van der Waals surface area (Å²) in [5, 5.41) is 17.8. The third-order valence-corrected chi connectivity index (χ3v) is 6.26. The Morgan fingerprint density at radius 2 is 1.80 bits per heavy atom. The van der Waals surface area contributed by atoms with Gasteiger partial charge in [0.05, 0.1) is 24.3 Å². The fourth-order valence-corrected chi connectivity index (χ4v) is 4.18. The number of carbonyl (C=O) groups excluding carboxylic acids is 1.